The molecule has 0 unspecified atom stereocenters. The quantitative estimate of drug-likeness (QED) is 0.856. The maximum Gasteiger partial charge on any atom is 0.137 e. The summed E-state index contributed by atoms with van der Waals surface area (Å²) in [5.41, 5.74) is 2.47. The van der Waals surface area contributed by atoms with Crippen LogP contribution in [0.4, 0.5) is 0 Å². The summed E-state index contributed by atoms with van der Waals surface area (Å²) in [6, 6.07) is 0. The summed E-state index contributed by atoms with van der Waals surface area (Å²) in [7, 11) is 2.04. The van der Waals surface area contributed by atoms with Crippen molar-refractivity contribution in [3.05, 3.63) is 42.0 Å². The number of ether oxygens (including phenoxy) is 1. The molecule has 0 aliphatic carbocycles. The van der Waals surface area contributed by atoms with Gasteiger partial charge < -0.3 is 9.30 Å². The average molecular weight is 299 g/mol. The topological polar surface area (TPSA) is 56.1 Å². The van der Waals surface area contributed by atoms with Gasteiger partial charge in [0.15, 0.2) is 0 Å². The van der Waals surface area contributed by atoms with Crippen LogP contribution in [-0.2, 0) is 24.8 Å². The lowest BCUT2D eigenvalue weighted by Gasteiger charge is -2.31. The lowest BCUT2D eigenvalue weighted by atomic mass is 9.98. The summed E-state index contributed by atoms with van der Waals surface area (Å²) in [4.78, 5) is 15.5. The van der Waals surface area contributed by atoms with Crippen LogP contribution in [-0.4, -0.2) is 44.1 Å². The van der Waals surface area contributed by atoms with E-state index in [-0.39, 0.29) is 6.10 Å². The Morgan fingerprint density at radius 1 is 1.36 bits per heavy atom. The number of aryl methyl sites for hydroxylation is 1. The Kier molecular flexibility index (Phi) is 3.63. The first-order valence-electron chi connectivity index (χ1n) is 7.90. The van der Waals surface area contributed by atoms with Crippen molar-refractivity contribution in [3.63, 3.8) is 0 Å². The van der Waals surface area contributed by atoms with E-state index in [0.29, 0.717) is 5.92 Å². The number of nitrogens with zero attached hydrogens (tertiary/aromatic N) is 5. The molecule has 1 saturated heterocycles. The van der Waals surface area contributed by atoms with Gasteiger partial charge in [-0.2, -0.15) is 0 Å². The van der Waals surface area contributed by atoms with Crippen molar-refractivity contribution >= 4 is 0 Å². The van der Waals surface area contributed by atoms with Gasteiger partial charge in [-0.25, -0.2) is 15.0 Å². The number of hydrogen-bond donors (Lipinski definition) is 0. The predicted octanol–water partition coefficient (Wildman–Crippen LogP) is 1.35. The molecule has 0 radical (unpaired) electrons. The Morgan fingerprint density at radius 3 is 3.18 bits per heavy atom. The molecule has 0 saturated carbocycles. The van der Waals surface area contributed by atoms with Crippen molar-refractivity contribution in [2.45, 2.75) is 25.5 Å². The predicted molar refractivity (Wildman–Crippen MR) is 81.0 cm³/mol. The number of hydrogen-bond acceptors (Lipinski definition) is 5. The fourth-order valence-corrected chi connectivity index (χ4v) is 3.55. The maximum atomic E-state index is 5.97. The van der Waals surface area contributed by atoms with Crippen LogP contribution >= 0.6 is 0 Å². The second-order valence-corrected chi connectivity index (χ2v) is 6.22. The molecule has 2 aromatic rings. The van der Waals surface area contributed by atoms with Crippen molar-refractivity contribution in [3.8, 4) is 0 Å². The molecule has 1 fully saturated rings. The molecule has 0 bridgehead atoms. The molecule has 22 heavy (non-hydrogen) atoms. The van der Waals surface area contributed by atoms with Gasteiger partial charge in [0.1, 0.15) is 18.3 Å². The van der Waals surface area contributed by atoms with Crippen LogP contribution < -0.4 is 0 Å². The van der Waals surface area contributed by atoms with Crippen LogP contribution in [0.5, 0.6) is 0 Å². The third-order valence-corrected chi connectivity index (χ3v) is 4.77. The standard InChI is InChI=1S/C16H21N5O/c1-20-6-4-18-16(20)15-13(3-7-22-15)9-21-5-2-12-8-17-11-19-14(12)10-21/h4,6,8,11,13,15H,2-3,5,7,9-10H2,1H3/t13-,15+/m0/s1. The van der Waals surface area contributed by atoms with E-state index in [1.54, 1.807) is 6.33 Å². The van der Waals surface area contributed by atoms with Crippen molar-refractivity contribution in [1.29, 1.82) is 0 Å². The van der Waals surface area contributed by atoms with Gasteiger partial charge in [0.05, 0.1) is 5.69 Å². The van der Waals surface area contributed by atoms with E-state index in [1.165, 1.54) is 11.3 Å². The highest BCUT2D eigenvalue weighted by Crippen LogP contribution is 2.34. The summed E-state index contributed by atoms with van der Waals surface area (Å²) in [5, 5.41) is 0. The summed E-state index contributed by atoms with van der Waals surface area (Å²) in [6.45, 7) is 3.86. The molecule has 4 rings (SSSR count). The van der Waals surface area contributed by atoms with E-state index in [2.05, 4.69) is 24.4 Å². The van der Waals surface area contributed by atoms with Gasteiger partial charge in [-0.1, -0.05) is 0 Å². The molecular formula is C16H21N5O. The smallest absolute Gasteiger partial charge is 0.137 e. The highest BCUT2D eigenvalue weighted by molar-refractivity contribution is 5.18. The molecule has 4 heterocycles. The number of aromatic nitrogens is 4. The lowest BCUT2D eigenvalue weighted by Crippen LogP contribution is -2.36. The molecule has 2 aromatic heterocycles. The molecule has 2 aliphatic heterocycles. The Bertz CT molecular complexity index is 655. The van der Waals surface area contributed by atoms with E-state index in [9.17, 15) is 0 Å². The Balaban J connectivity index is 1.46. The second-order valence-electron chi connectivity index (χ2n) is 6.22. The van der Waals surface area contributed by atoms with Crippen molar-refractivity contribution in [2.24, 2.45) is 13.0 Å². The Hall–Kier alpha value is -1.79. The van der Waals surface area contributed by atoms with E-state index in [0.717, 1.165) is 44.9 Å². The zero-order valence-corrected chi connectivity index (χ0v) is 12.9. The van der Waals surface area contributed by atoms with Crippen LogP contribution in [0.3, 0.4) is 0 Å². The zero-order chi connectivity index (χ0) is 14.9. The van der Waals surface area contributed by atoms with E-state index in [1.807, 2.05) is 25.6 Å². The molecule has 116 valence electrons. The first kappa shape index (κ1) is 13.8. The summed E-state index contributed by atoms with van der Waals surface area (Å²) in [6.07, 6.45) is 9.70. The monoisotopic (exact) mass is 299 g/mol. The minimum Gasteiger partial charge on any atom is -0.370 e. The average Bonchev–Trinajstić information content (AvgIpc) is 3.15. The minimum atomic E-state index is 0.117. The maximum absolute atomic E-state index is 5.97. The summed E-state index contributed by atoms with van der Waals surface area (Å²) in [5.74, 6) is 1.55. The van der Waals surface area contributed by atoms with E-state index in [4.69, 9.17) is 4.74 Å². The first-order valence-corrected chi connectivity index (χ1v) is 7.90. The molecule has 0 amide bonds. The van der Waals surface area contributed by atoms with Gasteiger partial charge in [0.25, 0.3) is 0 Å². The first-order chi connectivity index (χ1) is 10.8. The SMILES string of the molecule is Cn1ccnc1[C@@H]1OCC[C@H]1CN1CCc2cncnc2C1. The Labute approximate surface area is 130 Å². The zero-order valence-electron chi connectivity index (χ0n) is 12.9. The second kappa shape index (κ2) is 5.78. The van der Waals surface area contributed by atoms with Crippen molar-refractivity contribution in [1.82, 2.24) is 24.4 Å². The molecule has 0 aromatic carbocycles. The molecule has 0 spiro atoms. The summed E-state index contributed by atoms with van der Waals surface area (Å²) < 4.78 is 8.04. The van der Waals surface area contributed by atoms with Gasteiger partial charge in [0, 0.05) is 57.8 Å². The Morgan fingerprint density at radius 2 is 2.32 bits per heavy atom. The lowest BCUT2D eigenvalue weighted by molar-refractivity contribution is 0.0672. The van der Waals surface area contributed by atoms with Gasteiger partial charge in [-0.15, -0.1) is 0 Å². The molecule has 6 nitrogen and oxygen atoms in total. The van der Waals surface area contributed by atoms with Crippen LogP contribution in [0.1, 0.15) is 29.6 Å². The van der Waals surface area contributed by atoms with Gasteiger partial charge in [-0.3, -0.25) is 4.90 Å². The third-order valence-electron chi connectivity index (χ3n) is 4.77. The summed E-state index contributed by atoms with van der Waals surface area (Å²) >= 11 is 0. The third kappa shape index (κ3) is 2.53. The fourth-order valence-electron chi connectivity index (χ4n) is 3.55. The number of fused-ring (bicyclic) bond motifs is 1. The molecule has 6 heteroatoms. The highest BCUT2D eigenvalue weighted by atomic mass is 16.5. The van der Waals surface area contributed by atoms with Crippen LogP contribution in [0.2, 0.25) is 0 Å². The van der Waals surface area contributed by atoms with Crippen LogP contribution in [0, 0.1) is 5.92 Å². The van der Waals surface area contributed by atoms with Gasteiger partial charge >= 0.3 is 0 Å². The largest absolute Gasteiger partial charge is 0.370 e. The normalized spacial score (nSPS) is 25.3. The number of imidazole rings is 1. The van der Waals surface area contributed by atoms with Gasteiger partial charge in [-0.05, 0) is 18.4 Å². The molecular weight excluding hydrogens is 278 g/mol. The highest BCUT2D eigenvalue weighted by Gasteiger charge is 2.34. The molecule has 2 atom stereocenters. The number of rotatable bonds is 3. The van der Waals surface area contributed by atoms with Crippen molar-refractivity contribution < 1.29 is 4.74 Å². The molecule has 0 N–H and O–H groups in total. The van der Waals surface area contributed by atoms with Crippen LogP contribution in [0.15, 0.2) is 24.9 Å². The van der Waals surface area contributed by atoms with E-state index >= 15 is 0 Å². The van der Waals surface area contributed by atoms with Crippen molar-refractivity contribution in [2.75, 3.05) is 19.7 Å². The minimum absolute atomic E-state index is 0.117. The fraction of sp³-hybridized carbons (Fsp3) is 0.562. The molecule has 2 aliphatic rings. The van der Waals surface area contributed by atoms with E-state index < -0.39 is 0 Å². The van der Waals surface area contributed by atoms with Gasteiger partial charge in [0.2, 0.25) is 0 Å². The van der Waals surface area contributed by atoms with Crippen LogP contribution in [0.25, 0.3) is 0 Å².